The van der Waals surface area contributed by atoms with Crippen molar-refractivity contribution in [1.82, 2.24) is 9.88 Å². The van der Waals surface area contributed by atoms with E-state index in [1.165, 1.54) is 29.3 Å². The van der Waals surface area contributed by atoms with E-state index in [-0.39, 0.29) is 30.6 Å². The first-order valence-corrected chi connectivity index (χ1v) is 9.35. The van der Waals surface area contributed by atoms with Gasteiger partial charge in [0.2, 0.25) is 0 Å². The molecule has 0 spiro atoms. The molecule has 26 heavy (non-hydrogen) atoms. The van der Waals surface area contributed by atoms with Crippen LogP contribution in [0.25, 0.3) is 10.9 Å². The van der Waals surface area contributed by atoms with E-state index in [9.17, 15) is 9.90 Å². The van der Waals surface area contributed by atoms with Crippen LogP contribution in [0.15, 0.2) is 35.9 Å². The fourth-order valence-electron chi connectivity index (χ4n) is 5.88. The van der Waals surface area contributed by atoms with Gasteiger partial charge < -0.3 is 14.8 Å². The number of hydrogen-bond acceptors (Lipinski definition) is 4. The minimum Gasteiger partial charge on any atom is -0.468 e. The fraction of sp³-hybridized carbons (Fsp3) is 0.476. The van der Waals surface area contributed by atoms with Crippen LogP contribution in [0.3, 0.4) is 0 Å². The molecule has 6 rings (SSSR count). The molecule has 0 aliphatic carbocycles. The molecule has 2 N–H and O–H groups in total. The number of ether oxygens (including phenoxy) is 1. The second-order valence-corrected chi connectivity index (χ2v) is 7.81. The first-order valence-electron chi connectivity index (χ1n) is 9.35. The topological polar surface area (TPSA) is 65.6 Å². The second-order valence-electron chi connectivity index (χ2n) is 7.81. The average molecular weight is 352 g/mol. The van der Waals surface area contributed by atoms with Crippen LogP contribution >= 0.6 is 0 Å². The van der Waals surface area contributed by atoms with Crippen molar-refractivity contribution in [2.75, 3.05) is 20.3 Å². The molecular formula is C21H24N2O3. The number of aromatic nitrogens is 1. The van der Waals surface area contributed by atoms with Crippen molar-refractivity contribution in [1.29, 1.82) is 0 Å². The van der Waals surface area contributed by atoms with Crippen molar-refractivity contribution >= 4 is 16.9 Å². The summed E-state index contributed by atoms with van der Waals surface area (Å²) >= 11 is 0. The molecule has 3 fully saturated rings. The zero-order valence-corrected chi connectivity index (χ0v) is 15.2. The van der Waals surface area contributed by atoms with E-state index in [1.807, 2.05) is 13.0 Å². The van der Waals surface area contributed by atoms with Crippen molar-refractivity contribution in [3.63, 3.8) is 0 Å². The second kappa shape index (κ2) is 5.44. The van der Waals surface area contributed by atoms with Gasteiger partial charge >= 0.3 is 5.97 Å². The maximum absolute atomic E-state index is 12.9. The number of nitrogens with one attached hydrogen (secondary N) is 1. The number of rotatable bonds is 2. The molecule has 2 aromatic rings. The van der Waals surface area contributed by atoms with Crippen molar-refractivity contribution in [2.45, 2.75) is 31.8 Å². The summed E-state index contributed by atoms with van der Waals surface area (Å²) in [5.41, 5.74) is 4.12. The van der Waals surface area contributed by atoms with Crippen LogP contribution < -0.4 is 0 Å². The van der Waals surface area contributed by atoms with Gasteiger partial charge in [0, 0.05) is 35.1 Å². The van der Waals surface area contributed by atoms with Crippen LogP contribution in [0.2, 0.25) is 0 Å². The SMILES string of the molecule is C/C=C1/CN2C3Cc4c([nH]c5ccccc45)[C@@H]2CC1C3(CO)C(=O)OC. The third-order valence-corrected chi connectivity index (χ3v) is 7.06. The number of aliphatic hydroxyl groups excluding tert-OH is 1. The number of aromatic amines is 1. The molecule has 1 aromatic heterocycles. The Kier molecular flexibility index (Phi) is 3.37. The van der Waals surface area contributed by atoms with Gasteiger partial charge in [0.15, 0.2) is 0 Å². The highest BCUT2D eigenvalue weighted by atomic mass is 16.5. The van der Waals surface area contributed by atoms with Crippen LogP contribution in [0.4, 0.5) is 0 Å². The molecule has 5 nitrogen and oxygen atoms in total. The number of para-hydroxylation sites is 1. The van der Waals surface area contributed by atoms with Gasteiger partial charge in [0.25, 0.3) is 0 Å². The van der Waals surface area contributed by atoms with E-state index < -0.39 is 5.41 Å². The molecule has 0 saturated carbocycles. The summed E-state index contributed by atoms with van der Waals surface area (Å²) < 4.78 is 5.22. The molecule has 4 bridgehead atoms. The molecule has 3 saturated heterocycles. The highest BCUT2D eigenvalue weighted by molar-refractivity contribution is 5.86. The van der Waals surface area contributed by atoms with E-state index >= 15 is 0 Å². The van der Waals surface area contributed by atoms with Gasteiger partial charge in [-0.15, -0.1) is 0 Å². The zero-order valence-electron chi connectivity index (χ0n) is 15.2. The van der Waals surface area contributed by atoms with E-state index in [0.29, 0.717) is 0 Å². The monoisotopic (exact) mass is 352 g/mol. The van der Waals surface area contributed by atoms with Gasteiger partial charge in [-0.25, -0.2) is 0 Å². The lowest BCUT2D eigenvalue weighted by Gasteiger charge is -2.62. The van der Waals surface area contributed by atoms with Gasteiger partial charge in [-0.1, -0.05) is 29.8 Å². The first kappa shape index (κ1) is 16.1. The number of nitrogens with zero attached hydrogens (tertiary/aromatic N) is 1. The number of aliphatic hydroxyl groups is 1. The minimum atomic E-state index is -0.874. The number of benzene rings is 1. The van der Waals surface area contributed by atoms with Crippen molar-refractivity contribution in [3.05, 3.63) is 47.2 Å². The van der Waals surface area contributed by atoms with Crippen LogP contribution in [0.5, 0.6) is 0 Å². The third kappa shape index (κ3) is 1.75. The smallest absolute Gasteiger partial charge is 0.316 e. The summed E-state index contributed by atoms with van der Waals surface area (Å²) in [6.07, 6.45) is 3.72. The van der Waals surface area contributed by atoms with Crippen LogP contribution in [-0.2, 0) is 16.0 Å². The van der Waals surface area contributed by atoms with Crippen LogP contribution in [0.1, 0.15) is 30.6 Å². The number of piperidine rings is 3. The van der Waals surface area contributed by atoms with E-state index in [0.717, 1.165) is 24.9 Å². The van der Waals surface area contributed by atoms with E-state index in [1.54, 1.807) is 0 Å². The average Bonchev–Trinajstić information content (AvgIpc) is 3.06. The molecule has 4 unspecified atom stereocenters. The highest BCUT2D eigenvalue weighted by Gasteiger charge is 2.64. The lowest BCUT2D eigenvalue weighted by atomic mass is 9.55. The van der Waals surface area contributed by atoms with Crippen LogP contribution in [0, 0.1) is 11.3 Å². The van der Waals surface area contributed by atoms with Gasteiger partial charge in [0.1, 0.15) is 5.41 Å². The molecule has 0 amide bonds. The largest absolute Gasteiger partial charge is 0.468 e. The number of hydrogen-bond donors (Lipinski definition) is 2. The maximum atomic E-state index is 12.9. The number of methoxy groups -OCH3 is 1. The van der Waals surface area contributed by atoms with E-state index in [4.69, 9.17) is 4.74 Å². The normalized spacial score (nSPS) is 36.3. The molecule has 0 radical (unpaired) electrons. The van der Waals surface area contributed by atoms with Gasteiger partial charge in [-0.05, 0) is 31.4 Å². The van der Waals surface area contributed by atoms with Gasteiger partial charge in [-0.2, -0.15) is 0 Å². The number of allylic oxidation sites excluding steroid dienone is 1. The summed E-state index contributed by atoms with van der Waals surface area (Å²) in [5, 5.41) is 11.7. The predicted molar refractivity (Wildman–Crippen MR) is 98.6 cm³/mol. The predicted octanol–water partition coefficient (Wildman–Crippen LogP) is 2.57. The Bertz CT molecular complexity index is 930. The summed E-state index contributed by atoms with van der Waals surface area (Å²) in [6, 6.07) is 8.61. The standard InChI is InChI=1S/C21H24N2O3/c1-3-12-10-23-17-9-15(12)21(11-24,20(25)26-2)18(23)8-14-13-6-4-5-7-16(13)22-19(14)17/h3-7,15,17-18,22,24H,8-11H2,1-2H3/b12-3-/t15?,17-,18?,21?/m0/s1. The van der Waals surface area contributed by atoms with E-state index in [2.05, 4.69) is 34.2 Å². The summed E-state index contributed by atoms with van der Waals surface area (Å²) in [7, 11) is 1.43. The zero-order chi connectivity index (χ0) is 18.1. The van der Waals surface area contributed by atoms with Crippen molar-refractivity contribution in [2.24, 2.45) is 11.3 Å². The highest BCUT2D eigenvalue weighted by Crippen LogP contribution is 2.59. The van der Waals surface area contributed by atoms with Crippen molar-refractivity contribution in [3.8, 4) is 0 Å². The van der Waals surface area contributed by atoms with Gasteiger partial charge in [0.05, 0.1) is 19.8 Å². The lowest BCUT2D eigenvalue weighted by Crippen LogP contribution is -2.69. The maximum Gasteiger partial charge on any atom is 0.316 e. The number of carbonyl (C=O) groups excluding carboxylic acids is 1. The molecule has 136 valence electrons. The number of carbonyl (C=O) groups is 1. The molecule has 5 heterocycles. The van der Waals surface area contributed by atoms with Crippen LogP contribution in [-0.4, -0.2) is 47.3 Å². The minimum absolute atomic E-state index is 0.0286. The summed E-state index contributed by atoms with van der Waals surface area (Å²) in [4.78, 5) is 19.0. The summed E-state index contributed by atoms with van der Waals surface area (Å²) in [5.74, 6) is -0.245. The number of fused-ring (bicyclic) bond motifs is 4. The number of esters is 1. The molecule has 4 aliphatic heterocycles. The Morgan fingerprint density at radius 3 is 3.00 bits per heavy atom. The molecule has 5 atom stereocenters. The quantitative estimate of drug-likeness (QED) is 0.644. The molecule has 4 aliphatic rings. The van der Waals surface area contributed by atoms with Gasteiger partial charge in [-0.3, -0.25) is 9.69 Å². The Balaban J connectivity index is 1.73. The lowest BCUT2D eigenvalue weighted by molar-refractivity contribution is -0.183. The third-order valence-electron chi connectivity index (χ3n) is 7.06. The molecular weight excluding hydrogens is 328 g/mol. The Morgan fingerprint density at radius 1 is 1.46 bits per heavy atom. The molecule has 1 aromatic carbocycles. The first-order chi connectivity index (χ1) is 12.7. The Hall–Kier alpha value is -2.11. The Labute approximate surface area is 152 Å². The Morgan fingerprint density at radius 2 is 2.27 bits per heavy atom. The van der Waals surface area contributed by atoms with Crippen molar-refractivity contribution < 1.29 is 14.6 Å². The number of H-pyrrole nitrogens is 1. The molecule has 5 heteroatoms. The summed E-state index contributed by atoms with van der Waals surface area (Å²) in [6.45, 7) is 2.72. The fourth-order valence-corrected chi connectivity index (χ4v) is 5.88.